The largest absolute Gasteiger partial charge is 0.383 e. The predicted octanol–water partition coefficient (Wildman–Crippen LogP) is 4.29. The highest BCUT2D eigenvalue weighted by molar-refractivity contribution is 9.10. The molecule has 3 nitrogen and oxygen atoms in total. The number of hydrogen-bond donors (Lipinski definition) is 1. The lowest BCUT2D eigenvalue weighted by atomic mass is 10.0. The van der Waals surface area contributed by atoms with E-state index in [2.05, 4.69) is 25.9 Å². The Hall–Kier alpha value is -2.27. The number of nitrogens with two attached hydrogens (primary N) is 1. The summed E-state index contributed by atoms with van der Waals surface area (Å²) in [5.74, 6) is 0.0508. The molecule has 104 valence electrons. The molecule has 2 heterocycles. The van der Waals surface area contributed by atoms with E-state index in [0.29, 0.717) is 21.5 Å². The monoisotopic (exact) mass is 343 g/mol. The van der Waals surface area contributed by atoms with Gasteiger partial charge in [0.05, 0.1) is 10.2 Å². The van der Waals surface area contributed by atoms with Gasteiger partial charge in [-0.15, -0.1) is 0 Å². The van der Waals surface area contributed by atoms with Crippen molar-refractivity contribution in [2.24, 2.45) is 0 Å². The first-order valence-electron chi connectivity index (χ1n) is 6.27. The lowest BCUT2D eigenvalue weighted by Gasteiger charge is -2.11. The molecule has 3 rings (SSSR count). The molecule has 0 spiro atoms. The molecular weight excluding hydrogens is 333 g/mol. The molecule has 0 aliphatic carbocycles. The fourth-order valence-electron chi connectivity index (χ4n) is 2.10. The second kappa shape index (κ2) is 5.61. The normalized spacial score (nSPS) is 10.6. The first-order valence-corrected chi connectivity index (χ1v) is 7.07. The van der Waals surface area contributed by atoms with Crippen molar-refractivity contribution in [3.05, 3.63) is 65.1 Å². The predicted molar refractivity (Wildman–Crippen MR) is 85.0 cm³/mol. The molecule has 5 heteroatoms. The minimum absolute atomic E-state index is 0.312. The van der Waals surface area contributed by atoms with Crippen molar-refractivity contribution >= 4 is 21.7 Å². The Labute approximate surface area is 129 Å². The van der Waals surface area contributed by atoms with E-state index in [1.165, 1.54) is 12.1 Å². The third-order valence-electron chi connectivity index (χ3n) is 3.07. The maximum Gasteiger partial charge on any atom is 0.138 e. The standard InChI is InChI=1S/C16H11BrFN3/c17-14-8-13(11-4-2-6-20-9-11)15(21-16(14)19)10-3-1-5-12(18)7-10/h1-9H,(H2,19,21). The van der Waals surface area contributed by atoms with E-state index in [-0.39, 0.29) is 5.82 Å². The van der Waals surface area contributed by atoms with Crippen LogP contribution in [0.1, 0.15) is 0 Å². The van der Waals surface area contributed by atoms with E-state index >= 15 is 0 Å². The van der Waals surface area contributed by atoms with Crippen molar-refractivity contribution in [2.75, 3.05) is 5.73 Å². The van der Waals surface area contributed by atoms with Crippen molar-refractivity contribution in [3.63, 3.8) is 0 Å². The number of hydrogen-bond acceptors (Lipinski definition) is 3. The maximum atomic E-state index is 13.5. The Bertz CT molecular complexity index is 791. The van der Waals surface area contributed by atoms with E-state index < -0.39 is 0 Å². The molecule has 0 aliphatic heterocycles. The van der Waals surface area contributed by atoms with Gasteiger partial charge in [0.2, 0.25) is 0 Å². The van der Waals surface area contributed by atoms with Gasteiger partial charge in [0.1, 0.15) is 11.6 Å². The van der Waals surface area contributed by atoms with Crippen LogP contribution in [0.3, 0.4) is 0 Å². The molecule has 0 radical (unpaired) electrons. The van der Waals surface area contributed by atoms with Crippen LogP contribution in [-0.4, -0.2) is 9.97 Å². The molecule has 2 aromatic heterocycles. The van der Waals surface area contributed by atoms with Crippen LogP contribution < -0.4 is 5.73 Å². The highest BCUT2D eigenvalue weighted by atomic mass is 79.9. The Morgan fingerprint density at radius 2 is 1.86 bits per heavy atom. The van der Waals surface area contributed by atoms with Gasteiger partial charge >= 0.3 is 0 Å². The van der Waals surface area contributed by atoms with Gasteiger partial charge in [-0.05, 0) is 40.2 Å². The van der Waals surface area contributed by atoms with E-state index in [1.54, 1.807) is 24.5 Å². The van der Waals surface area contributed by atoms with Crippen LogP contribution in [0, 0.1) is 5.82 Å². The smallest absolute Gasteiger partial charge is 0.138 e. The summed E-state index contributed by atoms with van der Waals surface area (Å²) in [6.45, 7) is 0. The molecule has 0 bridgehead atoms. The molecule has 3 aromatic rings. The van der Waals surface area contributed by atoms with Crippen LogP contribution in [0.15, 0.2) is 59.3 Å². The number of nitrogens with zero attached hydrogens (tertiary/aromatic N) is 2. The number of anilines is 1. The first-order chi connectivity index (χ1) is 10.1. The minimum atomic E-state index is -0.312. The molecule has 1 aromatic carbocycles. The third-order valence-corrected chi connectivity index (χ3v) is 3.71. The maximum absolute atomic E-state index is 13.5. The average Bonchev–Trinajstić information content (AvgIpc) is 2.50. The van der Waals surface area contributed by atoms with Gasteiger partial charge in [0, 0.05) is 29.1 Å². The summed E-state index contributed by atoms with van der Waals surface area (Å²) in [6, 6.07) is 11.9. The Morgan fingerprint density at radius 1 is 1.05 bits per heavy atom. The quantitative estimate of drug-likeness (QED) is 0.754. The van der Waals surface area contributed by atoms with Crippen LogP contribution in [0.25, 0.3) is 22.4 Å². The van der Waals surface area contributed by atoms with Crippen molar-refractivity contribution in [1.82, 2.24) is 9.97 Å². The van der Waals surface area contributed by atoms with Gasteiger partial charge in [0.15, 0.2) is 0 Å². The molecule has 0 aliphatic rings. The number of nitrogen functional groups attached to an aromatic ring is 1. The summed E-state index contributed by atoms with van der Waals surface area (Å²) < 4.78 is 14.2. The lowest BCUT2D eigenvalue weighted by molar-refractivity contribution is 0.628. The molecule has 0 unspecified atom stereocenters. The van der Waals surface area contributed by atoms with Crippen LogP contribution in [0.5, 0.6) is 0 Å². The fourth-order valence-corrected chi connectivity index (χ4v) is 2.42. The summed E-state index contributed by atoms with van der Waals surface area (Å²) in [6.07, 6.45) is 3.44. The van der Waals surface area contributed by atoms with E-state index in [1.807, 2.05) is 18.2 Å². The SMILES string of the molecule is Nc1nc(-c2cccc(F)c2)c(-c2cccnc2)cc1Br. The fraction of sp³-hybridized carbons (Fsp3) is 0. The van der Waals surface area contributed by atoms with Crippen molar-refractivity contribution in [2.45, 2.75) is 0 Å². The number of aromatic nitrogens is 2. The summed E-state index contributed by atoms with van der Waals surface area (Å²) in [4.78, 5) is 8.51. The van der Waals surface area contributed by atoms with Gasteiger partial charge in [-0.3, -0.25) is 4.98 Å². The number of halogens is 2. The first kappa shape index (κ1) is 13.7. The van der Waals surface area contributed by atoms with Crippen molar-refractivity contribution < 1.29 is 4.39 Å². The molecule has 0 atom stereocenters. The highest BCUT2D eigenvalue weighted by Crippen LogP contribution is 2.34. The summed E-state index contributed by atoms with van der Waals surface area (Å²) >= 11 is 3.38. The van der Waals surface area contributed by atoms with Crippen molar-refractivity contribution in [3.8, 4) is 22.4 Å². The highest BCUT2D eigenvalue weighted by Gasteiger charge is 2.13. The number of rotatable bonds is 2. The van der Waals surface area contributed by atoms with Gasteiger partial charge in [-0.25, -0.2) is 9.37 Å². The molecular formula is C16H11BrFN3. The summed E-state index contributed by atoms with van der Waals surface area (Å²) in [7, 11) is 0. The van der Waals surface area contributed by atoms with Crippen LogP contribution in [0.2, 0.25) is 0 Å². The zero-order valence-electron chi connectivity index (χ0n) is 10.9. The Kier molecular flexibility index (Phi) is 3.66. The summed E-state index contributed by atoms with van der Waals surface area (Å²) in [5, 5.41) is 0. The molecule has 21 heavy (non-hydrogen) atoms. The van der Waals surface area contributed by atoms with Crippen molar-refractivity contribution in [1.29, 1.82) is 0 Å². The summed E-state index contributed by atoms with van der Waals surface area (Å²) in [5.41, 5.74) is 8.91. The molecule has 0 fully saturated rings. The molecule has 2 N–H and O–H groups in total. The van der Waals surface area contributed by atoms with Crippen LogP contribution in [0.4, 0.5) is 10.2 Å². The van der Waals surface area contributed by atoms with Gasteiger partial charge < -0.3 is 5.73 Å². The topological polar surface area (TPSA) is 51.8 Å². The minimum Gasteiger partial charge on any atom is -0.383 e. The number of benzene rings is 1. The van der Waals surface area contributed by atoms with E-state index in [0.717, 1.165) is 11.1 Å². The molecule has 0 amide bonds. The zero-order valence-corrected chi connectivity index (χ0v) is 12.5. The number of pyridine rings is 2. The average molecular weight is 344 g/mol. The molecule has 0 saturated carbocycles. The Morgan fingerprint density at radius 3 is 2.57 bits per heavy atom. The Balaban J connectivity index is 2.26. The van der Waals surface area contributed by atoms with E-state index in [9.17, 15) is 4.39 Å². The van der Waals surface area contributed by atoms with E-state index in [4.69, 9.17) is 5.73 Å². The third kappa shape index (κ3) is 2.78. The van der Waals surface area contributed by atoms with Gasteiger partial charge in [0.25, 0.3) is 0 Å². The second-order valence-corrected chi connectivity index (χ2v) is 5.36. The van der Waals surface area contributed by atoms with Crippen LogP contribution in [-0.2, 0) is 0 Å². The lowest BCUT2D eigenvalue weighted by Crippen LogP contribution is -1.97. The van der Waals surface area contributed by atoms with Gasteiger partial charge in [-0.2, -0.15) is 0 Å². The van der Waals surface area contributed by atoms with Crippen LogP contribution >= 0.6 is 15.9 Å². The zero-order chi connectivity index (χ0) is 14.8. The van der Waals surface area contributed by atoms with Gasteiger partial charge in [-0.1, -0.05) is 18.2 Å². The second-order valence-electron chi connectivity index (χ2n) is 4.50. The molecule has 0 saturated heterocycles.